The van der Waals surface area contributed by atoms with Gasteiger partial charge in [-0.2, -0.15) is 0 Å². The van der Waals surface area contributed by atoms with Gasteiger partial charge in [0.05, 0.1) is 29.3 Å². The molecule has 1 atom stereocenters. The van der Waals surface area contributed by atoms with Gasteiger partial charge in [-0.05, 0) is 87.9 Å². The largest absolute Gasteiger partial charge is 0.341 e. The minimum absolute atomic E-state index is 0.360. The molecule has 3 N–H and O–H groups in total. The summed E-state index contributed by atoms with van der Waals surface area (Å²) in [6.45, 7) is 6.89. The summed E-state index contributed by atoms with van der Waals surface area (Å²) in [5.74, 6) is 1.04. The van der Waals surface area contributed by atoms with Gasteiger partial charge >= 0.3 is 0 Å². The Balaban J connectivity index is 1.63. The Kier molecular flexibility index (Phi) is 5.74. The number of benzene rings is 1. The van der Waals surface area contributed by atoms with Crippen LogP contribution in [-0.4, -0.2) is 32.9 Å². The van der Waals surface area contributed by atoms with Crippen LogP contribution in [0.1, 0.15) is 59.9 Å². The highest BCUT2D eigenvalue weighted by molar-refractivity contribution is 5.79. The first-order valence-corrected chi connectivity index (χ1v) is 10.5. The normalized spacial score (nSPS) is 16.6. The number of unbranched alkanes of at least 4 members (excludes halogenated alkanes) is 1. The van der Waals surface area contributed by atoms with Gasteiger partial charge in [0.2, 0.25) is 0 Å². The van der Waals surface area contributed by atoms with Gasteiger partial charge < -0.3 is 10.7 Å². The van der Waals surface area contributed by atoms with Gasteiger partial charge in [-0.1, -0.05) is 12.1 Å². The number of hydrogen-bond acceptors (Lipinski definition) is 4. The van der Waals surface area contributed by atoms with Crippen LogP contribution >= 0.6 is 0 Å². The van der Waals surface area contributed by atoms with E-state index in [1.807, 2.05) is 6.20 Å². The maximum atomic E-state index is 5.75. The second kappa shape index (κ2) is 8.41. The monoisotopic (exact) mass is 377 g/mol. The summed E-state index contributed by atoms with van der Waals surface area (Å²) in [4.78, 5) is 15.8. The molecule has 5 heteroatoms. The lowest BCUT2D eigenvalue weighted by Gasteiger charge is -2.34. The number of nitrogens with one attached hydrogen (secondary N) is 1. The lowest BCUT2D eigenvalue weighted by molar-refractivity contribution is 0.159. The lowest BCUT2D eigenvalue weighted by atomic mass is 9.90. The zero-order chi connectivity index (χ0) is 19.5. The molecule has 1 aromatic carbocycles. The first kappa shape index (κ1) is 19.1. The average molecular weight is 378 g/mol. The van der Waals surface area contributed by atoms with E-state index in [4.69, 9.17) is 15.7 Å². The zero-order valence-electron chi connectivity index (χ0n) is 17.0. The molecule has 1 aliphatic carbocycles. The Bertz CT molecular complexity index is 945. The second-order valence-electron chi connectivity index (χ2n) is 8.01. The van der Waals surface area contributed by atoms with Crippen molar-refractivity contribution in [2.24, 2.45) is 5.73 Å². The van der Waals surface area contributed by atoms with Gasteiger partial charge in [-0.25, -0.2) is 4.98 Å². The number of imidazole rings is 1. The van der Waals surface area contributed by atoms with Gasteiger partial charge in [-0.15, -0.1) is 0 Å². The van der Waals surface area contributed by atoms with Gasteiger partial charge in [0.1, 0.15) is 5.82 Å². The van der Waals surface area contributed by atoms with E-state index in [9.17, 15) is 0 Å². The molecule has 4 rings (SSSR count). The summed E-state index contributed by atoms with van der Waals surface area (Å²) in [5.41, 5.74) is 13.2. The first-order chi connectivity index (χ1) is 13.7. The minimum Gasteiger partial charge on any atom is -0.341 e. The number of H-pyrrole nitrogens is 1. The Morgan fingerprint density at radius 1 is 1.21 bits per heavy atom. The predicted molar refractivity (Wildman–Crippen MR) is 114 cm³/mol. The molecular weight excluding hydrogens is 346 g/mol. The molecular formula is C23H31N5. The van der Waals surface area contributed by atoms with Crippen LogP contribution in [0.2, 0.25) is 0 Å². The highest BCUT2D eigenvalue weighted by Crippen LogP contribution is 2.34. The van der Waals surface area contributed by atoms with Crippen LogP contribution < -0.4 is 5.73 Å². The molecule has 1 unspecified atom stereocenters. The molecule has 1 aliphatic rings. The smallest absolute Gasteiger partial charge is 0.121 e. The number of fused-ring (bicyclic) bond motifs is 2. The number of pyridine rings is 1. The average Bonchev–Trinajstić information content (AvgIpc) is 3.13. The van der Waals surface area contributed by atoms with Crippen LogP contribution in [-0.2, 0) is 13.0 Å². The van der Waals surface area contributed by atoms with E-state index < -0.39 is 0 Å². The zero-order valence-corrected chi connectivity index (χ0v) is 17.0. The minimum atomic E-state index is 0.360. The third-order valence-corrected chi connectivity index (χ3v) is 6.09. The summed E-state index contributed by atoms with van der Waals surface area (Å²) >= 11 is 0. The van der Waals surface area contributed by atoms with Gasteiger partial charge in [0.25, 0.3) is 0 Å². The molecule has 0 aliphatic heterocycles. The van der Waals surface area contributed by atoms with Crippen molar-refractivity contribution in [3.8, 4) is 0 Å². The molecule has 0 saturated heterocycles. The number of nitrogens with two attached hydrogens (primary N) is 1. The van der Waals surface area contributed by atoms with Crippen molar-refractivity contribution in [3.05, 3.63) is 58.7 Å². The lowest BCUT2D eigenvalue weighted by Crippen LogP contribution is -2.33. The predicted octanol–water partition coefficient (Wildman–Crippen LogP) is 4.19. The number of aromatic nitrogens is 3. The maximum Gasteiger partial charge on any atom is 0.121 e. The van der Waals surface area contributed by atoms with E-state index in [-0.39, 0.29) is 0 Å². The number of nitrogens with zero attached hydrogens (tertiary/aromatic N) is 3. The van der Waals surface area contributed by atoms with Crippen LogP contribution in [0.4, 0.5) is 0 Å². The highest BCUT2D eigenvalue weighted by atomic mass is 15.2. The molecule has 148 valence electrons. The molecule has 0 amide bonds. The van der Waals surface area contributed by atoms with Crippen LogP contribution in [0.3, 0.4) is 0 Å². The summed E-state index contributed by atoms with van der Waals surface area (Å²) in [7, 11) is 0. The molecule has 0 fully saturated rings. The van der Waals surface area contributed by atoms with E-state index >= 15 is 0 Å². The number of aromatic amines is 1. The third kappa shape index (κ3) is 3.82. The van der Waals surface area contributed by atoms with Crippen molar-refractivity contribution < 1.29 is 0 Å². The van der Waals surface area contributed by atoms with E-state index in [0.29, 0.717) is 6.04 Å². The van der Waals surface area contributed by atoms with Crippen molar-refractivity contribution in [2.75, 3.05) is 13.1 Å². The van der Waals surface area contributed by atoms with Crippen LogP contribution in [0.5, 0.6) is 0 Å². The molecule has 0 saturated carbocycles. The number of aryl methyl sites for hydroxylation is 3. The standard InChI is InChI=1S/C23H31N5/c1-16-10-11-19-22(17(16)2)27-21(26-19)15-28(14-4-3-12-24)20-9-5-7-18-8-6-13-25-23(18)20/h6,8,10-11,13,20H,3-5,7,9,12,14-15,24H2,1-2H3,(H,26,27). The Hall–Kier alpha value is -2.24. The Morgan fingerprint density at radius 3 is 2.96 bits per heavy atom. The van der Waals surface area contributed by atoms with Crippen molar-refractivity contribution in [1.29, 1.82) is 0 Å². The SMILES string of the molecule is Cc1ccc2[nH]c(CN(CCCCN)C3CCCc4cccnc43)nc2c1C. The fourth-order valence-electron chi connectivity index (χ4n) is 4.38. The van der Waals surface area contributed by atoms with Gasteiger partial charge in [0, 0.05) is 6.20 Å². The second-order valence-corrected chi connectivity index (χ2v) is 8.01. The van der Waals surface area contributed by atoms with E-state index in [2.05, 4.69) is 48.0 Å². The fourth-order valence-corrected chi connectivity index (χ4v) is 4.38. The quantitative estimate of drug-likeness (QED) is 0.606. The third-order valence-electron chi connectivity index (χ3n) is 6.09. The van der Waals surface area contributed by atoms with Crippen LogP contribution in [0.15, 0.2) is 30.5 Å². The summed E-state index contributed by atoms with van der Waals surface area (Å²) in [6, 6.07) is 8.97. The molecule has 3 aromatic rings. The Labute approximate surface area is 167 Å². The summed E-state index contributed by atoms with van der Waals surface area (Å²) in [5, 5.41) is 0. The van der Waals surface area contributed by atoms with E-state index in [1.165, 1.54) is 28.8 Å². The highest BCUT2D eigenvalue weighted by Gasteiger charge is 2.27. The maximum absolute atomic E-state index is 5.75. The van der Waals surface area contributed by atoms with Crippen molar-refractivity contribution >= 4 is 11.0 Å². The van der Waals surface area contributed by atoms with Crippen molar-refractivity contribution in [1.82, 2.24) is 19.9 Å². The van der Waals surface area contributed by atoms with Gasteiger partial charge in [0.15, 0.2) is 0 Å². The van der Waals surface area contributed by atoms with Crippen molar-refractivity contribution in [3.63, 3.8) is 0 Å². The topological polar surface area (TPSA) is 70.8 Å². The first-order valence-electron chi connectivity index (χ1n) is 10.5. The van der Waals surface area contributed by atoms with Crippen molar-refractivity contribution in [2.45, 2.75) is 58.5 Å². The molecule has 5 nitrogen and oxygen atoms in total. The van der Waals surface area contributed by atoms with Crippen LogP contribution in [0, 0.1) is 13.8 Å². The molecule has 0 radical (unpaired) electrons. The molecule has 2 heterocycles. The van der Waals surface area contributed by atoms with Crippen LogP contribution in [0.25, 0.3) is 11.0 Å². The molecule has 0 bridgehead atoms. The van der Waals surface area contributed by atoms with E-state index in [1.54, 1.807) is 0 Å². The number of rotatable bonds is 7. The molecule has 0 spiro atoms. The van der Waals surface area contributed by atoms with Gasteiger partial charge in [-0.3, -0.25) is 9.88 Å². The Morgan fingerprint density at radius 2 is 2.11 bits per heavy atom. The molecule has 2 aromatic heterocycles. The summed E-state index contributed by atoms with van der Waals surface area (Å²) < 4.78 is 0. The summed E-state index contributed by atoms with van der Waals surface area (Å²) in [6.07, 6.45) is 7.60. The van der Waals surface area contributed by atoms with E-state index in [0.717, 1.165) is 62.2 Å². The number of hydrogen-bond donors (Lipinski definition) is 2. The fraction of sp³-hybridized carbons (Fsp3) is 0.478. The molecule has 28 heavy (non-hydrogen) atoms.